The van der Waals surface area contributed by atoms with Crippen molar-refractivity contribution in [3.63, 3.8) is 0 Å². The van der Waals surface area contributed by atoms with Crippen LogP contribution in [-0.2, 0) is 0 Å². The molecule has 0 spiro atoms. The van der Waals surface area contributed by atoms with Gasteiger partial charge in [0.25, 0.3) is 5.69 Å². The summed E-state index contributed by atoms with van der Waals surface area (Å²) in [6.07, 6.45) is -0.220. The quantitative estimate of drug-likeness (QED) is 0.511. The van der Waals surface area contributed by atoms with Gasteiger partial charge in [0.05, 0.1) is 16.0 Å². The molecule has 5 nitrogen and oxygen atoms in total. The lowest BCUT2D eigenvalue weighted by Crippen LogP contribution is -2.15. The normalized spacial score (nSPS) is 12.6. The van der Waals surface area contributed by atoms with Crippen LogP contribution in [0.4, 0.5) is 5.69 Å². The summed E-state index contributed by atoms with van der Waals surface area (Å²) in [5, 5.41) is 22.5. The first-order valence-electron chi connectivity index (χ1n) is 7.01. The van der Waals surface area contributed by atoms with Crippen LogP contribution in [-0.4, -0.2) is 35.6 Å². The lowest BCUT2D eigenvalue weighted by Gasteiger charge is -2.12. The van der Waals surface area contributed by atoms with Crippen LogP contribution in [0.25, 0.3) is 0 Å². The zero-order valence-corrected chi connectivity index (χ0v) is 16.2. The zero-order chi connectivity index (χ0) is 17.9. The maximum atomic E-state index is 11.3. The van der Waals surface area contributed by atoms with Crippen molar-refractivity contribution in [1.29, 1.82) is 0 Å². The Morgan fingerprint density at radius 1 is 1.38 bits per heavy atom. The van der Waals surface area contributed by atoms with Gasteiger partial charge < -0.3 is 10.0 Å². The van der Waals surface area contributed by atoms with Gasteiger partial charge >= 0.3 is 0 Å². The zero-order valence-electron chi connectivity index (χ0n) is 13.0. The molecule has 1 atom stereocenters. The third-order valence-corrected chi connectivity index (χ3v) is 6.32. The smallest absolute Gasteiger partial charge is 0.294 e. The molecule has 0 aliphatic rings. The molecule has 130 valence electrons. The van der Waals surface area contributed by atoms with Gasteiger partial charge in [-0.1, -0.05) is 35.0 Å². The standard InChI is InChI=1S/C15H16Cl2N2O3S2/c1-18(2)6-5-12(20)14-8-11(19(21)22)15(24-14)23-13-4-3-9(16)7-10(13)17/h3-4,7-8,12,20H,5-6H2,1-2H3. The van der Waals surface area contributed by atoms with Crippen LogP contribution in [0, 0.1) is 10.1 Å². The highest BCUT2D eigenvalue weighted by Gasteiger charge is 2.24. The van der Waals surface area contributed by atoms with Gasteiger partial charge in [0, 0.05) is 27.4 Å². The SMILES string of the molecule is CN(C)CCC(O)c1cc([N+](=O)[O-])c(Sc2ccc(Cl)cc2Cl)s1. The number of rotatable bonds is 7. The van der Waals surface area contributed by atoms with Crippen molar-refractivity contribution in [3.8, 4) is 0 Å². The minimum atomic E-state index is -0.730. The summed E-state index contributed by atoms with van der Waals surface area (Å²) in [6.45, 7) is 0.693. The fourth-order valence-electron chi connectivity index (χ4n) is 1.93. The van der Waals surface area contributed by atoms with Crippen LogP contribution in [0.3, 0.4) is 0 Å². The van der Waals surface area contributed by atoms with E-state index in [-0.39, 0.29) is 5.69 Å². The van der Waals surface area contributed by atoms with Crippen LogP contribution in [0.2, 0.25) is 10.0 Å². The predicted molar refractivity (Wildman–Crippen MR) is 99.7 cm³/mol. The van der Waals surface area contributed by atoms with E-state index in [1.807, 2.05) is 19.0 Å². The third-order valence-electron chi connectivity index (χ3n) is 3.17. The number of nitrogens with zero attached hydrogens (tertiary/aromatic N) is 2. The number of aliphatic hydroxyl groups is 1. The Kier molecular flexibility index (Phi) is 6.91. The first-order chi connectivity index (χ1) is 11.3. The minimum Gasteiger partial charge on any atom is -0.388 e. The monoisotopic (exact) mass is 406 g/mol. The summed E-state index contributed by atoms with van der Waals surface area (Å²) in [7, 11) is 3.82. The molecule has 24 heavy (non-hydrogen) atoms. The van der Waals surface area contributed by atoms with Crippen molar-refractivity contribution in [2.24, 2.45) is 0 Å². The fourth-order valence-corrected chi connectivity index (χ4v) is 4.78. The van der Waals surface area contributed by atoms with Crippen molar-refractivity contribution in [3.05, 3.63) is 49.3 Å². The molecule has 0 fully saturated rings. The lowest BCUT2D eigenvalue weighted by atomic mass is 10.2. The average Bonchev–Trinajstić information content (AvgIpc) is 2.92. The van der Waals surface area contributed by atoms with Crippen LogP contribution in [0.15, 0.2) is 33.4 Å². The molecule has 0 radical (unpaired) electrons. The van der Waals surface area contributed by atoms with Gasteiger partial charge in [-0.05, 0) is 38.7 Å². The number of hydrogen-bond donors (Lipinski definition) is 1. The van der Waals surface area contributed by atoms with Gasteiger partial charge in [-0.2, -0.15) is 0 Å². The van der Waals surface area contributed by atoms with Gasteiger partial charge in [0.1, 0.15) is 4.21 Å². The van der Waals surface area contributed by atoms with Gasteiger partial charge in [0.2, 0.25) is 0 Å². The molecule has 0 bridgehead atoms. The van der Waals surface area contributed by atoms with E-state index in [0.29, 0.717) is 37.0 Å². The maximum absolute atomic E-state index is 11.3. The Hall–Kier alpha value is -0.830. The highest BCUT2D eigenvalue weighted by molar-refractivity contribution is 8.01. The van der Waals surface area contributed by atoms with Crippen LogP contribution >= 0.6 is 46.3 Å². The Morgan fingerprint density at radius 2 is 2.08 bits per heavy atom. The van der Waals surface area contributed by atoms with Gasteiger partial charge in [-0.25, -0.2) is 0 Å². The minimum absolute atomic E-state index is 0.0186. The summed E-state index contributed by atoms with van der Waals surface area (Å²) in [5.74, 6) is 0. The molecule has 1 unspecified atom stereocenters. The second-order valence-electron chi connectivity index (χ2n) is 5.36. The summed E-state index contributed by atoms with van der Waals surface area (Å²) in [6, 6.07) is 6.44. The van der Waals surface area contributed by atoms with E-state index >= 15 is 0 Å². The molecular weight excluding hydrogens is 391 g/mol. The largest absolute Gasteiger partial charge is 0.388 e. The number of aliphatic hydroxyl groups excluding tert-OH is 1. The Balaban J connectivity index is 2.26. The van der Waals surface area contributed by atoms with E-state index in [9.17, 15) is 15.2 Å². The highest BCUT2D eigenvalue weighted by Crippen LogP contribution is 2.45. The van der Waals surface area contributed by atoms with E-state index < -0.39 is 11.0 Å². The third kappa shape index (κ3) is 5.08. The van der Waals surface area contributed by atoms with Crippen molar-refractivity contribution in [2.75, 3.05) is 20.6 Å². The molecule has 1 N–H and O–H groups in total. The molecule has 0 aliphatic heterocycles. The second-order valence-corrected chi connectivity index (χ2v) is 8.60. The van der Waals surface area contributed by atoms with E-state index in [1.54, 1.807) is 18.2 Å². The predicted octanol–water partition coefficient (Wildman–Crippen LogP) is 5.10. The van der Waals surface area contributed by atoms with E-state index in [2.05, 4.69) is 0 Å². The van der Waals surface area contributed by atoms with Crippen molar-refractivity contribution in [1.82, 2.24) is 4.90 Å². The van der Waals surface area contributed by atoms with E-state index in [0.717, 1.165) is 0 Å². The first-order valence-corrected chi connectivity index (χ1v) is 9.40. The highest BCUT2D eigenvalue weighted by atomic mass is 35.5. The molecule has 9 heteroatoms. The molecule has 1 aromatic carbocycles. The lowest BCUT2D eigenvalue weighted by molar-refractivity contribution is -0.387. The van der Waals surface area contributed by atoms with E-state index in [1.165, 1.54) is 29.2 Å². The molecule has 0 aliphatic carbocycles. The summed E-state index contributed by atoms with van der Waals surface area (Å²) in [4.78, 5) is 14.1. The van der Waals surface area contributed by atoms with Crippen molar-refractivity contribution < 1.29 is 10.0 Å². The molecule has 2 rings (SSSR count). The number of halogens is 2. The molecular formula is C15H16Cl2N2O3S2. The first kappa shape index (κ1) is 19.5. The van der Waals surface area contributed by atoms with Crippen molar-refractivity contribution in [2.45, 2.75) is 21.6 Å². The van der Waals surface area contributed by atoms with Gasteiger partial charge in [-0.3, -0.25) is 10.1 Å². The van der Waals surface area contributed by atoms with Gasteiger partial charge in [0.15, 0.2) is 0 Å². The number of thiophene rings is 1. The maximum Gasteiger partial charge on any atom is 0.294 e. The Morgan fingerprint density at radius 3 is 2.67 bits per heavy atom. The molecule has 0 amide bonds. The summed E-state index contributed by atoms with van der Waals surface area (Å²) >= 11 is 14.4. The topological polar surface area (TPSA) is 66.6 Å². The van der Waals surface area contributed by atoms with Crippen molar-refractivity contribution >= 4 is 52.0 Å². The second kappa shape index (κ2) is 8.51. The Bertz CT molecular complexity index is 738. The molecule has 1 aromatic heterocycles. The summed E-state index contributed by atoms with van der Waals surface area (Å²) < 4.78 is 0.489. The number of benzene rings is 1. The summed E-state index contributed by atoms with van der Waals surface area (Å²) in [5.41, 5.74) is -0.0186. The molecule has 0 saturated heterocycles. The number of nitro groups is 1. The Labute approximate surface area is 158 Å². The number of hydrogen-bond acceptors (Lipinski definition) is 6. The fraction of sp³-hybridized carbons (Fsp3) is 0.333. The molecule has 2 aromatic rings. The van der Waals surface area contributed by atoms with E-state index in [4.69, 9.17) is 23.2 Å². The average molecular weight is 407 g/mol. The van der Waals surface area contributed by atoms with Crippen LogP contribution < -0.4 is 0 Å². The molecule has 1 heterocycles. The molecule has 0 saturated carbocycles. The van der Waals surface area contributed by atoms with Crippen LogP contribution in [0.1, 0.15) is 17.4 Å². The van der Waals surface area contributed by atoms with Gasteiger partial charge in [-0.15, -0.1) is 11.3 Å². The van der Waals surface area contributed by atoms with Crippen LogP contribution in [0.5, 0.6) is 0 Å².